The van der Waals surface area contributed by atoms with Gasteiger partial charge in [0.1, 0.15) is 0 Å². The summed E-state index contributed by atoms with van der Waals surface area (Å²) < 4.78 is 0. The highest BCUT2D eigenvalue weighted by molar-refractivity contribution is 4.86. The zero-order valence-electron chi connectivity index (χ0n) is 9.63. The van der Waals surface area contributed by atoms with Crippen molar-refractivity contribution in [3.63, 3.8) is 0 Å². The average Bonchev–Trinajstić information content (AvgIpc) is 2.56. The van der Waals surface area contributed by atoms with E-state index in [0.29, 0.717) is 0 Å². The van der Waals surface area contributed by atoms with Crippen LogP contribution in [0.15, 0.2) is 0 Å². The van der Waals surface area contributed by atoms with Gasteiger partial charge in [-0.15, -0.1) is 0 Å². The first kappa shape index (κ1) is 10.4. The maximum atomic E-state index is 3.86. The molecule has 0 aromatic carbocycles. The second kappa shape index (κ2) is 4.63. The SMILES string of the molecule is C[C@@H]1CCCC[C@H]1N[C@@H]1CCN(C)C1. The van der Waals surface area contributed by atoms with E-state index in [9.17, 15) is 0 Å². The van der Waals surface area contributed by atoms with Crippen LogP contribution in [0.25, 0.3) is 0 Å². The third kappa shape index (κ3) is 2.48. The largest absolute Gasteiger partial charge is 0.310 e. The molecule has 82 valence electrons. The second-order valence-electron chi connectivity index (χ2n) is 5.28. The van der Waals surface area contributed by atoms with Crippen LogP contribution in [-0.4, -0.2) is 37.1 Å². The first-order valence-electron chi connectivity index (χ1n) is 6.20. The highest BCUT2D eigenvalue weighted by Gasteiger charge is 2.26. The van der Waals surface area contributed by atoms with E-state index in [1.165, 1.54) is 45.2 Å². The Hall–Kier alpha value is -0.0800. The first-order chi connectivity index (χ1) is 6.75. The van der Waals surface area contributed by atoms with Gasteiger partial charge in [0.2, 0.25) is 0 Å². The van der Waals surface area contributed by atoms with Crippen molar-refractivity contribution in [2.45, 2.75) is 51.1 Å². The van der Waals surface area contributed by atoms with E-state index in [2.05, 4.69) is 24.2 Å². The summed E-state index contributed by atoms with van der Waals surface area (Å²) in [5.74, 6) is 0.898. The van der Waals surface area contributed by atoms with Gasteiger partial charge in [0, 0.05) is 18.6 Å². The number of hydrogen-bond donors (Lipinski definition) is 1. The van der Waals surface area contributed by atoms with Crippen LogP contribution in [-0.2, 0) is 0 Å². The highest BCUT2D eigenvalue weighted by atomic mass is 15.2. The number of likely N-dealkylation sites (tertiary alicyclic amines) is 1. The zero-order valence-corrected chi connectivity index (χ0v) is 9.63. The van der Waals surface area contributed by atoms with E-state index in [1.807, 2.05) is 0 Å². The van der Waals surface area contributed by atoms with Crippen molar-refractivity contribution < 1.29 is 0 Å². The summed E-state index contributed by atoms with van der Waals surface area (Å²) in [7, 11) is 2.23. The molecule has 1 saturated heterocycles. The first-order valence-corrected chi connectivity index (χ1v) is 6.20. The quantitative estimate of drug-likeness (QED) is 0.725. The van der Waals surface area contributed by atoms with E-state index in [0.717, 1.165) is 18.0 Å². The molecule has 0 radical (unpaired) electrons. The van der Waals surface area contributed by atoms with Gasteiger partial charge in [-0.05, 0) is 38.8 Å². The number of nitrogens with zero attached hydrogens (tertiary/aromatic N) is 1. The Morgan fingerprint density at radius 1 is 1.14 bits per heavy atom. The van der Waals surface area contributed by atoms with Crippen molar-refractivity contribution in [1.29, 1.82) is 0 Å². The minimum atomic E-state index is 0.769. The average molecular weight is 196 g/mol. The molecule has 1 aliphatic heterocycles. The molecule has 3 atom stereocenters. The minimum Gasteiger partial charge on any atom is -0.310 e. The summed E-state index contributed by atoms with van der Waals surface area (Å²) >= 11 is 0. The molecule has 1 aliphatic carbocycles. The lowest BCUT2D eigenvalue weighted by Gasteiger charge is -2.32. The zero-order chi connectivity index (χ0) is 9.97. The van der Waals surface area contributed by atoms with Gasteiger partial charge in [0.15, 0.2) is 0 Å². The molecule has 2 fully saturated rings. The molecule has 0 aromatic heterocycles. The fourth-order valence-electron chi connectivity index (χ4n) is 2.94. The molecule has 0 aromatic rings. The summed E-state index contributed by atoms with van der Waals surface area (Å²) in [6, 6.07) is 1.57. The summed E-state index contributed by atoms with van der Waals surface area (Å²) in [5, 5.41) is 3.86. The number of nitrogens with one attached hydrogen (secondary N) is 1. The molecule has 0 bridgehead atoms. The number of likely N-dealkylation sites (N-methyl/N-ethyl adjacent to an activating group) is 1. The Kier molecular flexibility index (Phi) is 3.45. The van der Waals surface area contributed by atoms with E-state index in [4.69, 9.17) is 0 Å². The van der Waals surface area contributed by atoms with Gasteiger partial charge < -0.3 is 10.2 Å². The second-order valence-corrected chi connectivity index (χ2v) is 5.28. The van der Waals surface area contributed by atoms with Crippen LogP contribution < -0.4 is 5.32 Å². The van der Waals surface area contributed by atoms with Crippen LogP contribution in [0.5, 0.6) is 0 Å². The van der Waals surface area contributed by atoms with Crippen LogP contribution in [0.4, 0.5) is 0 Å². The summed E-state index contributed by atoms with van der Waals surface area (Å²) in [5.41, 5.74) is 0. The van der Waals surface area contributed by atoms with Crippen molar-refractivity contribution in [1.82, 2.24) is 10.2 Å². The molecule has 0 spiro atoms. The van der Waals surface area contributed by atoms with Crippen molar-refractivity contribution >= 4 is 0 Å². The fraction of sp³-hybridized carbons (Fsp3) is 1.00. The highest BCUT2D eigenvalue weighted by Crippen LogP contribution is 2.24. The minimum absolute atomic E-state index is 0.769. The molecule has 2 rings (SSSR count). The molecular weight excluding hydrogens is 172 g/mol. The van der Waals surface area contributed by atoms with E-state index in [1.54, 1.807) is 0 Å². The monoisotopic (exact) mass is 196 g/mol. The molecule has 2 heteroatoms. The van der Waals surface area contributed by atoms with Crippen LogP contribution in [0.3, 0.4) is 0 Å². The van der Waals surface area contributed by atoms with Gasteiger partial charge in [-0.3, -0.25) is 0 Å². The Labute approximate surface area is 88.1 Å². The lowest BCUT2D eigenvalue weighted by atomic mass is 9.85. The van der Waals surface area contributed by atoms with Crippen LogP contribution in [0.1, 0.15) is 39.0 Å². The molecule has 1 heterocycles. The lowest BCUT2D eigenvalue weighted by Crippen LogP contribution is -2.44. The van der Waals surface area contributed by atoms with Gasteiger partial charge in [0.25, 0.3) is 0 Å². The van der Waals surface area contributed by atoms with Crippen LogP contribution in [0.2, 0.25) is 0 Å². The Morgan fingerprint density at radius 2 is 1.93 bits per heavy atom. The summed E-state index contributed by atoms with van der Waals surface area (Å²) in [4.78, 5) is 2.44. The summed E-state index contributed by atoms with van der Waals surface area (Å²) in [6.45, 7) is 4.94. The lowest BCUT2D eigenvalue weighted by molar-refractivity contribution is 0.257. The topological polar surface area (TPSA) is 15.3 Å². The molecule has 1 N–H and O–H groups in total. The molecular formula is C12H24N2. The molecule has 2 nitrogen and oxygen atoms in total. The fourth-order valence-corrected chi connectivity index (χ4v) is 2.94. The molecule has 14 heavy (non-hydrogen) atoms. The van der Waals surface area contributed by atoms with Crippen LogP contribution in [0, 0.1) is 5.92 Å². The number of hydrogen-bond acceptors (Lipinski definition) is 2. The standard InChI is InChI=1S/C12H24N2/c1-10-5-3-4-6-12(10)13-11-7-8-14(2)9-11/h10-13H,3-9H2,1-2H3/t10-,11-,12-/m1/s1. The maximum Gasteiger partial charge on any atom is 0.0209 e. The Bertz CT molecular complexity index is 181. The van der Waals surface area contributed by atoms with Crippen molar-refractivity contribution in [2.75, 3.05) is 20.1 Å². The van der Waals surface area contributed by atoms with Crippen molar-refractivity contribution in [2.24, 2.45) is 5.92 Å². The predicted molar refractivity (Wildman–Crippen MR) is 60.5 cm³/mol. The van der Waals surface area contributed by atoms with Crippen molar-refractivity contribution in [3.8, 4) is 0 Å². The molecule has 2 aliphatic rings. The van der Waals surface area contributed by atoms with Gasteiger partial charge >= 0.3 is 0 Å². The third-order valence-corrected chi connectivity index (χ3v) is 3.95. The smallest absolute Gasteiger partial charge is 0.0209 e. The summed E-state index contributed by atoms with van der Waals surface area (Å²) in [6.07, 6.45) is 7.07. The Balaban J connectivity index is 1.78. The third-order valence-electron chi connectivity index (χ3n) is 3.95. The van der Waals surface area contributed by atoms with Gasteiger partial charge in [-0.25, -0.2) is 0 Å². The maximum absolute atomic E-state index is 3.86. The van der Waals surface area contributed by atoms with E-state index < -0.39 is 0 Å². The normalized spacial score (nSPS) is 40.3. The van der Waals surface area contributed by atoms with Crippen LogP contribution >= 0.6 is 0 Å². The van der Waals surface area contributed by atoms with E-state index in [-0.39, 0.29) is 0 Å². The predicted octanol–water partition coefficient (Wildman–Crippen LogP) is 1.86. The molecule has 0 amide bonds. The molecule has 0 unspecified atom stereocenters. The Morgan fingerprint density at radius 3 is 2.57 bits per heavy atom. The van der Waals surface area contributed by atoms with Crippen molar-refractivity contribution in [3.05, 3.63) is 0 Å². The van der Waals surface area contributed by atoms with Gasteiger partial charge in [-0.1, -0.05) is 19.8 Å². The van der Waals surface area contributed by atoms with Gasteiger partial charge in [0.05, 0.1) is 0 Å². The van der Waals surface area contributed by atoms with E-state index >= 15 is 0 Å². The van der Waals surface area contributed by atoms with Gasteiger partial charge in [-0.2, -0.15) is 0 Å². The molecule has 1 saturated carbocycles. The number of rotatable bonds is 2.